The lowest BCUT2D eigenvalue weighted by molar-refractivity contribution is 0.109. The van der Waals surface area contributed by atoms with Crippen molar-refractivity contribution in [3.8, 4) is 0 Å². The van der Waals surface area contributed by atoms with E-state index in [4.69, 9.17) is 0 Å². The summed E-state index contributed by atoms with van der Waals surface area (Å²) in [7, 11) is 0. The molecule has 0 aromatic heterocycles. The topological polar surface area (TPSA) is 32.3 Å². The second-order valence-electron chi connectivity index (χ2n) is 7.19. The van der Waals surface area contributed by atoms with Crippen LogP contribution in [0.2, 0.25) is 0 Å². The summed E-state index contributed by atoms with van der Waals surface area (Å²) in [6, 6.07) is 0.715. The van der Waals surface area contributed by atoms with Gasteiger partial charge in [0, 0.05) is 12.1 Å². The largest absolute Gasteiger partial charge is 0.392 e. The van der Waals surface area contributed by atoms with Gasteiger partial charge in [-0.25, -0.2) is 0 Å². The zero-order valence-corrected chi connectivity index (χ0v) is 13.7. The molecule has 1 saturated carbocycles. The van der Waals surface area contributed by atoms with Gasteiger partial charge >= 0.3 is 0 Å². The Hall–Kier alpha value is -0.0800. The van der Waals surface area contributed by atoms with Crippen LogP contribution < -0.4 is 5.32 Å². The molecule has 0 amide bonds. The Bertz CT molecular complexity index is 225. The highest BCUT2D eigenvalue weighted by Gasteiger charge is 2.24. The van der Waals surface area contributed by atoms with Crippen LogP contribution in [0, 0.1) is 17.8 Å². The van der Waals surface area contributed by atoms with Crippen LogP contribution in [0.5, 0.6) is 0 Å². The third-order valence-electron chi connectivity index (χ3n) is 4.89. The number of nitrogens with one attached hydrogen (secondary N) is 1. The highest BCUT2D eigenvalue weighted by molar-refractivity contribution is 4.81. The van der Waals surface area contributed by atoms with Gasteiger partial charge in [0.05, 0.1) is 6.10 Å². The minimum atomic E-state index is -0.271. The van der Waals surface area contributed by atoms with Gasteiger partial charge in [0.2, 0.25) is 0 Å². The summed E-state index contributed by atoms with van der Waals surface area (Å²) in [5.74, 6) is 2.22. The lowest BCUT2D eigenvalue weighted by atomic mass is 9.78. The van der Waals surface area contributed by atoms with Crippen molar-refractivity contribution in [1.82, 2.24) is 5.32 Å². The Balaban J connectivity index is 2.38. The molecule has 1 aliphatic rings. The zero-order chi connectivity index (χ0) is 14.4. The molecular formula is C17H35NO. The van der Waals surface area contributed by atoms with Crippen molar-refractivity contribution < 1.29 is 5.11 Å². The van der Waals surface area contributed by atoms with Crippen molar-refractivity contribution in [3.63, 3.8) is 0 Å². The molecule has 3 unspecified atom stereocenters. The Kier molecular flexibility index (Phi) is 7.38. The number of hydrogen-bond acceptors (Lipinski definition) is 2. The smallest absolute Gasteiger partial charge is 0.0667 e. The highest BCUT2D eigenvalue weighted by Crippen LogP contribution is 2.32. The lowest BCUT2D eigenvalue weighted by Crippen LogP contribution is -2.47. The maximum absolute atomic E-state index is 9.85. The van der Waals surface area contributed by atoms with Crippen LogP contribution in [0.1, 0.15) is 73.1 Å². The van der Waals surface area contributed by atoms with Crippen LogP contribution >= 0.6 is 0 Å². The van der Waals surface area contributed by atoms with Gasteiger partial charge in [0.15, 0.2) is 0 Å². The van der Waals surface area contributed by atoms with Gasteiger partial charge in [-0.15, -0.1) is 0 Å². The first-order valence-electron chi connectivity index (χ1n) is 8.36. The molecule has 0 bridgehead atoms. The number of rotatable bonds is 7. The SMILES string of the molecule is CC(CC(C)C1CCCCC1)N[C@H](C(C)C)C(C)O. The van der Waals surface area contributed by atoms with Crippen molar-refractivity contribution >= 4 is 0 Å². The highest BCUT2D eigenvalue weighted by atomic mass is 16.3. The average Bonchev–Trinajstić information content (AvgIpc) is 2.36. The van der Waals surface area contributed by atoms with Crippen molar-refractivity contribution in [3.05, 3.63) is 0 Å². The molecule has 0 saturated heterocycles. The average molecular weight is 269 g/mol. The van der Waals surface area contributed by atoms with Gasteiger partial charge in [0.25, 0.3) is 0 Å². The molecular weight excluding hydrogens is 234 g/mol. The van der Waals surface area contributed by atoms with E-state index in [0.29, 0.717) is 12.0 Å². The summed E-state index contributed by atoms with van der Waals surface area (Å²) in [4.78, 5) is 0. The normalized spacial score (nSPS) is 24.2. The summed E-state index contributed by atoms with van der Waals surface area (Å²) in [6.45, 7) is 11.0. The fraction of sp³-hybridized carbons (Fsp3) is 1.00. The molecule has 114 valence electrons. The molecule has 2 nitrogen and oxygen atoms in total. The standard InChI is InChI=1S/C17H35NO/c1-12(2)17(15(5)19)18-14(4)11-13(3)16-9-7-6-8-10-16/h12-19H,6-11H2,1-5H3/t13?,14?,15?,17-/m1/s1. The molecule has 2 heteroatoms. The van der Waals surface area contributed by atoms with Crippen molar-refractivity contribution in [1.29, 1.82) is 0 Å². The van der Waals surface area contributed by atoms with Gasteiger partial charge < -0.3 is 10.4 Å². The van der Waals surface area contributed by atoms with Crippen LogP contribution in [0.3, 0.4) is 0 Å². The Morgan fingerprint density at radius 2 is 1.58 bits per heavy atom. The summed E-state index contributed by atoms with van der Waals surface area (Å²) in [6.07, 6.45) is 8.12. The number of hydrogen-bond donors (Lipinski definition) is 2. The minimum Gasteiger partial charge on any atom is -0.392 e. The molecule has 0 spiro atoms. The van der Waals surface area contributed by atoms with Crippen LogP contribution in [-0.2, 0) is 0 Å². The molecule has 0 heterocycles. The Morgan fingerprint density at radius 1 is 1.00 bits per heavy atom. The molecule has 1 rings (SSSR count). The van der Waals surface area contributed by atoms with E-state index in [0.717, 1.165) is 11.8 Å². The first-order valence-corrected chi connectivity index (χ1v) is 8.36. The predicted octanol–water partition coefficient (Wildman–Crippen LogP) is 3.98. The van der Waals surface area contributed by atoms with E-state index < -0.39 is 0 Å². The monoisotopic (exact) mass is 269 g/mol. The molecule has 19 heavy (non-hydrogen) atoms. The van der Waals surface area contributed by atoms with Crippen LogP contribution in [0.25, 0.3) is 0 Å². The molecule has 1 fully saturated rings. The maximum atomic E-state index is 9.85. The van der Waals surface area contributed by atoms with E-state index in [-0.39, 0.29) is 12.1 Å². The molecule has 4 atom stereocenters. The quantitative estimate of drug-likeness (QED) is 0.733. The Labute approximate surface area is 120 Å². The van der Waals surface area contributed by atoms with Crippen molar-refractivity contribution in [2.24, 2.45) is 17.8 Å². The third-order valence-corrected chi connectivity index (χ3v) is 4.89. The summed E-state index contributed by atoms with van der Waals surface area (Å²) in [5.41, 5.74) is 0. The number of aliphatic hydroxyl groups is 1. The maximum Gasteiger partial charge on any atom is 0.0667 e. The van der Waals surface area contributed by atoms with E-state index in [9.17, 15) is 5.11 Å². The van der Waals surface area contributed by atoms with Crippen molar-refractivity contribution in [2.45, 2.75) is 91.3 Å². The van der Waals surface area contributed by atoms with Crippen LogP contribution in [-0.4, -0.2) is 23.3 Å². The fourth-order valence-electron chi connectivity index (χ4n) is 3.74. The van der Waals surface area contributed by atoms with E-state index in [1.807, 2.05) is 6.92 Å². The van der Waals surface area contributed by atoms with Crippen molar-refractivity contribution in [2.75, 3.05) is 0 Å². The summed E-state index contributed by atoms with van der Waals surface area (Å²) < 4.78 is 0. The van der Waals surface area contributed by atoms with E-state index >= 15 is 0 Å². The molecule has 0 aromatic rings. The van der Waals surface area contributed by atoms with E-state index in [1.165, 1.54) is 38.5 Å². The third kappa shape index (κ3) is 5.83. The van der Waals surface area contributed by atoms with Crippen LogP contribution in [0.4, 0.5) is 0 Å². The molecule has 0 radical (unpaired) electrons. The minimum absolute atomic E-state index is 0.216. The van der Waals surface area contributed by atoms with Crippen LogP contribution in [0.15, 0.2) is 0 Å². The summed E-state index contributed by atoms with van der Waals surface area (Å²) >= 11 is 0. The zero-order valence-electron chi connectivity index (χ0n) is 13.7. The Morgan fingerprint density at radius 3 is 2.05 bits per heavy atom. The number of aliphatic hydroxyl groups excluding tert-OH is 1. The molecule has 0 aliphatic heterocycles. The van der Waals surface area contributed by atoms with E-state index in [1.54, 1.807) is 0 Å². The second kappa shape index (κ2) is 8.26. The molecule has 0 aromatic carbocycles. The first-order chi connectivity index (χ1) is 8.91. The molecule has 1 aliphatic carbocycles. The fourth-order valence-corrected chi connectivity index (χ4v) is 3.74. The van der Waals surface area contributed by atoms with Gasteiger partial charge in [-0.3, -0.25) is 0 Å². The van der Waals surface area contributed by atoms with Gasteiger partial charge in [-0.1, -0.05) is 52.9 Å². The first kappa shape index (κ1) is 17.0. The van der Waals surface area contributed by atoms with Gasteiger partial charge in [-0.2, -0.15) is 0 Å². The molecule has 2 N–H and O–H groups in total. The van der Waals surface area contributed by atoms with Gasteiger partial charge in [-0.05, 0) is 38.0 Å². The van der Waals surface area contributed by atoms with Gasteiger partial charge in [0.1, 0.15) is 0 Å². The van der Waals surface area contributed by atoms with E-state index in [2.05, 4.69) is 33.0 Å². The predicted molar refractivity (Wildman–Crippen MR) is 83.3 cm³/mol. The second-order valence-corrected chi connectivity index (χ2v) is 7.19. The summed E-state index contributed by atoms with van der Waals surface area (Å²) in [5, 5.41) is 13.5. The lowest BCUT2D eigenvalue weighted by Gasteiger charge is -2.33.